The van der Waals surface area contributed by atoms with E-state index in [9.17, 15) is 0 Å². The molecule has 0 saturated heterocycles. The number of anilines is 1. The van der Waals surface area contributed by atoms with Crippen LogP contribution in [0.25, 0.3) is 11.1 Å². The van der Waals surface area contributed by atoms with Crippen molar-refractivity contribution in [2.45, 2.75) is 13.8 Å². The number of rotatable bonds is 2. The molecule has 1 aromatic carbocycles. The van der Waals surface area contributed by atoms with Gasteiger partial charge in [-0.2, -0.15) is 0 Å². The smallest absolute Gasteiger partial charge is 0.108 e. The van der Waals surface area contributed by atoms with Gasteiger partial charge in [0, 0.05) is 30.9 Å². The van der Waals surface area contributed by atoms with E-state index in [2.05, 4.69) is 44.1 Å². The summed E-state index contributed by atoms with van der Waals surface area (Å²) >= 11 is 0. The highest BCUT2D eigenvalue weighted by atomic mass is 16.3. The molecule has 2 aromatic rings. The van der Waals surface area contributed by atoms with Gasteiger partial charge in [0.05, 0.1) is 6.26 Å². The van der Waals surface area contributed by atoms with E-state index in [-0.39, 0.29) is 0 Å². The average molecular weight is 215 g/mol. The lowest BCUT2D eigenvalue weighted by atomic mass is 10.0. The molecule has 0 N–H and O–H groups in total. The van der Waals surface area contributed by atoms with E-state index < -0.39 is 0 Å². The van der Waals surface area contributed by atoms with Crippen molar-refractivity contribution in [3.8, 4) is 11.1 Å². The summed E-state index contributed by atoms with van der Waals surface area (Å²) < 4.78 is 5.37. The second-order valence-electron chi connectivity index (χ2n) is 4.31. The van der Waals surface area contributed by atoms with Gasteiger partial charge in [0.2, 0.25) is 0 Å². The van der Waals surface area contributed by atoms with E-state index in [0.29, 0.717) is 0 Å². The van der Waals surface area contributed by atoms with Crippen molar-refractivity contribution >= 4 is 5.69 Å². The van der Waals surface area contributed by atoms with Crippen molar-refractivity contribution in [3.05, 3.63) is 41.9 Å². The molecule has 0 radical (unpaired) electrons. The maximum atomic E-state index is 5.37. The van der Waals surface area contributed by atoms with Gasteiger partial charge in [0.1, 0.15) is 5.76 Å². The molecule has 0 amide bonds. The van der Waals surface area contributed by atoms with E-state index in [0.717, 1.165) is 5.76 Å². The summed E-state index contributed by atoms with van der Waals surface area (Å²) in [5.41, 5.74) is 4.89. The Bertz CT molecular complexity index is 497. The molecule has 2 rings (SSSR count). The lowest BCUT2D eigenvalue weighted by Crippen LogP contribution is -2.10. The minimum atomic E-state index is 0.966. The number of hydrogen-bond acceptors (Lipinski definition) is 2. The van der Waals surface area contributed by atoms with Crippen molar-refractivity contribution in [3.63, 3.8) is 0 Å². The third-order valence-electron chi connectivity index (χ3n) is 2.78. The molecule has 16 heavy (non-hydrogen) atoms. The highest BCUT2D eigenvalue weighted by Gasteiger charge is 2.11. The van der Waals surface area contributed by atoms with Crippen LogP contribution in [-0.4, -0.2) is 14.1 Å². The third kappa shape index (κ3) is 1.83. The van der Waals surface area contributed by atoms with E-state index in [1.807, 2.05) is 13.0 Å². The van der Waals surface area contributed by atoms with Crippen LogP contribution in [-0.2, 0) is 0 Å². The van der Waals surface area contributed by atoms with Crippen LogP contribution < -0.4 is 4.90 Å². The molecule has 0 atom stereocenters. The molecule has 0 aliphatic heterocycles. The lowest BCUT2D eigenvalue weighted by molar-refractivity contribution is 0.535. The van der Waals surface area contributed by atoms with Crippen molar-refractivity contribution < 1.29 is 4.42 Å². The average Bonchev–Trinajstić information content (AvgIpc) is 2.63. The van der Waals surface area contributed by atoms with Crippen LogP contribution in [0.15, 0.2) is 34.9 Å². The summed E-state index contributed by atoms with van der Waals surface area (Å²) in [5.74, 6) is 0.966. The van der Waals surface area contributed by atoms with Crippen LogP contribution >= 0.6 is 0 Å². The van der Waals surface area contributed by atoms with Crippen LogP contribution in [0.1, 0.15) is 11.3 Å². The molecule has 0 aliphatic carbocycles. The molecule has 0 bridgehead atoms. The molecular formula is C14H17NO. The Kier molecular flexibility index (Phi) is 2.73. The summed E-state index contributed by atoms with van der Waals surface area (Å²) in [6.07, 6.45) is 1.74. The summed E-state index contributed by atoms with van der Waals surface area (Å²) in [6.45, 7) is 4.11. The van der Waals surface area contributed by atoms with Crippen LogP contribution in [0.3, 0.4) is 0 Å². The highest BCUT2D eigenvalue weighted by molar-refractivity contribution is 5.80. The van der Waals surface area contributed by atoms with E-state index in [1.54, 1.807) is 6.26 Å². The zero-order valence-corrected chi connectivity index (χ0v) is 10.2. The third-order valence-corrected chi connectivity index (χ3v) is 2.78. The van der Waals surface area contributed by atoms with Crippen LogP contribution in [0.5, 0.6) is 0 Å². The van der Waals surface area contributed by atoms with Gasteiger partial charge < -0.3 is 9.32 Å². The molecule has 0 spiro atoms. The first kappa shape index (κ1) is 10.8. The fourth-order valence-corrected chi connectivity index (χ4v) is 1.92. The largest absolute Gasteiger partial charge is 0.469 e. The van der Waals surface area contributed by atoms with Crippen LogP contribution in [0.4, 0.5) is 5.69 Å². The van der Waals surface area contributed by atoms with E-state index in [4.69, 9.17) is 4.42 Å². The van der Waals surface area contributed by atoms with Gasteiger partial charge in [-0.05, 0) is 32.0 Å². The summed E-state index contributed by atoms with van der Waals surface area (Å²) in [6, 6.07) is 8.51. The molecular weight excluding hydrogens is 198 g/mol. The first-order valence-electron chi connectivity index (χ1n) is 5.42. The quantitative estimate of drug-likeness (QED) is 0.760. The topological polar surface area (TPSA) is 16.4 Å². The van der Waals surface area contributed by atoms with E-state index in [1.165, 1.54) is 22.4 Å². The minimum absolute atomic E-state index is 0.966. The summed E-state index contributed by atoms with van der Waals surface area (Å²) in [5, 5.41) is 0. The standard InChI is InChI=1S/C14H17NO/c1-10-5-6-14(15(3)4)13(9-10)12-7-8-16-11(12)2/h5-9H,1-4H3. The Morgan fingerprint density at radius 2 is 1.75 bits per heavy atom. The first-order chi connectivity index (χ1) is 7.59. The van der Waals surface area contributed by atoms with Gasteiger partial charge in [-0.25, -0.2) is 0 Å². The Labute approximate surface area is 96.5 Å². The van der Waals surface area contributed by atoms with Crippen molar-refractivity contribution in [2.24, 2.45) is 0 Å². The number of aryl methyl sites for hydroxylation is 2. The number of furan rings is 1. The predicted molar refractivity (Wildman–Crippen MR) is 67.9 cm³/mol. The van der Waals surface area contributed by atoms with Crippen molar-refractivity contribution in [1.82, 2.24) is 0 Å². The molecule has 0 aliphatic rings. The Hall–Kier alpha value is -1.70. The monoisotopic (exact) mass is 215 g/mol. The summed E-state index contributed by atoms with van der Waals surface area (Å²) in [7, 11) is 4.12. The fraction of sp³-hybridized carbons (Fsp3) is 0.286. The minimum Gasteiger partial charge on any atom is -0.469 e. The SMILES string of the molecule is Cc1ccc(N(C)C)c(-c2ccoc2C)c1. The molecule has 1 aromatic heterocycles. The maximum Gasteiger partial charge on any atom is 0.108 e. The second kappa shape index (κ2) is 4.05. The molecule has 2 heteroatoms. The molecule has 2 nitrogen and oxygen atoms in total. The van der Waals surface area contributed by atoms with Gasteiger partial charge in [0.25, 0.3) is 0 Å². The van der Waals surface area contributed by atoms with E-state index >= 15 is 0 Å². The Balaban J connectivity index is 2.63. The van der Waals surface area contributed by atoms with Gasteiger partial charge in [-0.15, -0.1) is 0 Å². The van der Waals surface area contributed by atoms with Crippen molar-refractivity contribution in [2.75, 3.05) is 19.0 Å². The Morgan fingerprint density at radius 1 is 1.00 bits per heavy atom. The molecule has 0 fully saturated rings. The van der Waals surface area contributed by atoms with Gasteiger partial charge in [-0.1, -0.05) is 11.6 Å². The maximum absolute atomic E-state index is 5.37. The number of benzene rings is 1. The van der Waals surface area contributed by atoms with Crippen LogP contribution in [0.2, 0.25) is 0 Å². The van der Waals surface area contributed by atoms with Crippen molar-refractivity contribution in [1.29, 1.82) is 0 Å². The summed E-state index contributed by atoms with van der Waals surface area (Å²) in [4.78, 5) is 2.13. The molecule has 1 heterocycles. The van der Waals surface area contributed by atoms with Gasteiger partial charge >= 0.3 is 0 Å². The Morgan fingerprint density at radius 3 is 2.31 bits per heavy atom. The second-order valence-corrected chi connectivity index (χ2v) is 4.31. The number of hydrogen-bond donors (Lipinski definition) is 0. The molecule has 0 saturated carbocycles. The zero-order chi connectivity index (χ0) is 11.7. The molecule has 84 valence electrons. The van der Waals surface area contributed by atoms with Gasteiger partial charge in [-0.3, -0.25) is 0 Å². The lowest BCUT2D eigenvalue weighted by Gasteiger charge is -2.17. The van der Waals surface area contributed by atoms with Crippen LogP contribution in [0, 0.1) is 13.8 Å². The number of nitrogens with zero attached hydrogens (tertiary/aromatic N) is 1. The zero-order valence-electron chi connectivity index (χ0n) is 10.2. The molecule has 0 unspecified atom stereocenters. The normalized spacial score (nSPS) is 10.5. The fourth-order valence-electron chi connectivity index (χ4n) is 1.92. The highest BCUT2D eigenvalue weighted by Crippen LogP contribution is 2.33. The predicted octanol–water partition coefficient (Wildman–Crippen LogP) is 3.63. The van der Waals surface area contributed by atoms with Gasteiger partial charge in [0.15, 0.2) is 0 Å². The first-order valence-corrected chi connectivity index (χ1v) is 5.42.